The van der Waals surface area contributed by atoms with Crippen molar-refractivity contribution in [1.29, 1.82) is 0 Å². The SMILES string of the molecule is O=C(CN1CCCN(Cc2ccccc2Cl)S1(=O)=O)NC1CCCC1. The number of halogens is 1. The number of benzene rings is 1. The van der Waals surface area contributed by atoms with Gasteiger partial charge in [-0.2, -0.15) is 17.0 Å². The van der Waals surface area contributed by atoms with Crippen LogP contribution in [0.3, 0.4) is 0 Å². The Bertz CT molecular complexity index is 720. The molecule has 0 bridgehead atoms. The van der Waals surface area contributed by atoms with E-state index < -0.39 is 10.2 Å². The summed E-state index contributed by atoms with van der Waals surface area (Å²) in [6.07, 6.45) is 4.91. The van der Waals surface area contributed by atoms with Gasteiger partial charge in [-0.1, -0.05) is 42.6 Å². The van der Waals surface area contributed by atoms with Gasteiger partial charge in [-0.3, -0.25) is 4.79 Å². The fourth-order valence-corrected chi connectivity index (χ4v) is 5.28. The Balaban J connectivity index is 1.65. The number of hydrogen-bond donors (Lipinski definition) is 1. The predicted molar refractivity (Wildman–Crippen MR) is 97.4 cm³/mol. The molecule has 25 heavy (non-hydrogen) atoms. The quantitative estimate of drug-likeness (QED) is 0.844. The third-order valence-corrected chi connectivity index (χ3v) is 7.11. The van der Waals surface area contributed by atoms with Crippen LogP contribution in [0.25, 0.3) is 0 Å². The molecule has 6 nitrogen and oxygen atoms in total. The fraction of sp³-hybridized carbons (Fsp3) is 0.588. The average molecular weight is 386 g/mol. The summed E-state index contributed by atoms with van der Waals surface area (Å²) in [6, 6.07) is 7.42. The molecule has 1 heterocycles. The molecule has 1 saturated heterocycles. The first-order valence-electron chi connectivity index (χ1n) is 8.75. The molecule has 0 atom stereocenters. The Morgan fingerprint density at radius 2 is 1.80 bits per heavy atom. The average Bonchev–Trinajstić information content (AvgIpc) is 3.06. The van der Waals surface area contributed by atoms with E-state index in [1.165, 1.54) is 8.61 Å². The van der Waals surface area contributed by atoms with Crippen LogP contribution in [0.5, 0.6) is 0 Å². The molecule has 1 aromatic carbocycles. The predicted octanol–water partition coefficient (Wildman–Crippen LogP) is 2.15. The molecule has 1 aliphatic carbocycles. The summed E-state index contributed by atoms with van der Waals surface area (Å²) < 4.78 is 28.3. The van der Waals surface area contributed by atoms with Gasteiger partial charge >= 0.3 is 0 Å². The standard InChI is InChI=1S/C17H24ClN3O3S/c18-16-9-4-1-6-14(16)12-20-10-5-11-21(25(20,23)24)13-17(22)19-15-7-2-3-8-15/h1,4,6,9,15H,2-3,5,7-8,10-13H2,(H,19,22). The van der Waals surface area contributed by atoms with E-state index in [1.807, 2.05) is 18.2 Å². The van der Waals surface area contributed by atoms with E-state index in [4.69, 9.17) is 11.6 Å². The number of amides is 1. The van der Waals surface area contributed by atoms with Crippen molar-refractivity contribution < 1.29 is 13.2 Å². The molecule has 2 aliphatic rings. The molecule has 8 heteroatoms. The monoisotopic (exact) mass is 385 g/mol. The van der Waals surface area contributed by atoms with Crippen molar-refractivity contribution in [3.8, 4) is 0 Å². The maximum absolute atomic E-state index is 12.8. The summed E-state index contributed by atoms with van der Waals surface area (Å²) in [6.45, 7) is 0.925. The summed E-state index contributed by atoms with van der Waals surface area (Å²) in [5.41, 5.74) is 0.769. The van der Waals surface area contributed by atoms with Crippen LogP contribution >= 0.6 is 11.6 Å². The highest BCUT2D eigenvalue weighted by molar-refractivity contribution is 7.86. The molecule has 138 valence electrons. The van der Waals surface area contributed by atoms with Crippen molar-refractivity contribution in [3.63, 3.8) is 0 Å². The van der Waals surface area contributed by atoms with E-state index in [2.05, 4.69) is 5.32 Å². The minimum absolute atomic E-state index is 0.113. The molecule has 1 amide bonds. The van der Waals surface area contributed by atoms with Gasteiger partial charge < -0.3 is 5.32 Å². The molecule has 0 aromatic heterocycles. The number of carbonyl (C=O) groups is 1. The first-order valence-corrected chi connectivity index (χ1v) is 10.5. The van der Waals surface area contributed by atoms with Gasteiger partial charge in [0.25, 0.3) is 10.2 Å². The minimum Gasteiger partial charge on any atom is -0.352 e. The smallest absolute Gasteiger partial charge is 0.282 e. The van der Waals surface area contributed by atoms with Crippen LogP contribution in [-0.2, 0) is 21.5 Å². The second kappa shape index (κ2) is 8.03. The highest BCUT2D eigenvalue weighted by atomic mass is 35.5. The van der Waals surface area contributed by atoms with Crippen molar-refractivity contribution >= 4 is 27.7 Å². The lowest BCUT2D eigenvalue weighted by molar-refractivity contribution is -0.122. The second-order valence-corrected chi connectivity index (χ2v) is 9.00. The van der Waals surface area contributed by atoms with E-state index >= 15 is 0 Å². The van der Waals surface area contributed by atoms with Gasteiger partial charge in [0, 0.05) is 30.7 Å². The van der Waals surface area contributed by atoms with Crippen molar-refractivity contribution in [2.45, 2.75) is 44.7 Å². The first-order chi connectivity index (χ1) is 12.0. The van der Waals surface area contributed by atoms with E-state index in [0.29, 0.717) is 24.5 Å². The molecular formula is C17H24ClN3O3S. The van der Waals surface area contributed by atoms with Crippen LogP contribution in [0.1, 0.15) is 37.7 Å². The summed E-state index contributed by atoms with van der Waals surface area (Å²) in [7, 11) is -3.66. The molecule has 0 spiro atoms. The summed E-state index contributed by atoms with van der Waals surface area (Å²) >= 11 is 6.15. The third-order valence-electron chi connectivity index (χ3n) is 4.81. The molecular weight excluding hydrogens is 362 g/mol. The maximum Gasteiger partial charge on any atom is 0.282 e. The summed E-state index contributed by atoms with van der Waals surface area (Å²) in [5, 5.41) is 3.50. The molecule has 3 rings (SSSR count). The zero-order valence-electron chi connectivity index (χ0n) is 14.2. The van der Waals surface area contributed by atoms with Crippen molar-refractivity contribution in [1.82, 2.24) is 13.9 Å². The lowest BCUT2D eigenvalue weighted by Crippen LogP contribution is -2.52. The van der Waals surface area contributed by atoms with Crippen LogP contribution in [0.4, 0.5) is 0 Å². The maximum atomic E-state index is 12.8. The first kappa shape index (κ1) is 18.6. The van der Waals surface area contributed by atoms with E-state index in [0.717, 1.165) is 31.2 Å². The van der Waals surface area contributed by atoms with E-state index in [-0.39, 0.29) is 25.0 Å². The van der Waals surface area contributed by atoms with Crippen molar-refractivity contribution in [3.05, 3.63) is 34.9 Å². The topological polar surface area (TPSA) is 69.7 Å². The van der Waals surface area contributed by atoms with Crippen LogP contribution in [-0.4, -0.2) is 48.6 Å². The number of nitrogens with zero attached hydrogens (tertiary/aromatic N) is 2. The lowest BCUT2D eigenvalue weighted by Gasteiger charge is -2.34. The largest absolute Gasteiger partial charge is 0.352 e. The van der Waals surface area contributed by atoms with Crippen LogP contribution in [0.2, 0.25) is 5.02 Å². The number of carbonyl (C=O) groups excluding carboxylic acids is 1. The Kier molecular flexibility index (Phi) is 5.99. The van der Waals surface area contributed by atoms with Crippen LogP contribution < -0.4 is 5.32 Å². The van der Waals surface area contributed by atoms with Gasteiger partial charge in [-0.15, -0.1) is 0 Å². The van der Waals surface area contributed by atoms with Crippen molar-refractivity contribution in [2.75, 3.05) is 19.6 Å². The number of nitrogens with one attached hydrogen (secondary N) is 1. The highest BCUT2D eigenvalue weighted by Gasteiger charge is 2.35. The summed E-state index contributed by atoms with van der Waals surface area (Å²) in [4.78, 5) is 12.2. The Labute approximate surface area is 154 Å². The van der Waals surface area contributed by atoms with Gasteiger partial charge in [0.15, 0.2) is 0 Å². The molecule has 1 aromatic rings. The Morgan fingerprint density at radius 1 is 1.12 bits per heavy atom. The van der Waals surface area contributed by atoms with Gasteiger partial charge in [0.05, 0.1) is 6.54 Å². The minimum atomic E-state index is -3.66. The van der Waals surface area contributed by atoms with E-state index in [9.17, 15) is 13.2 Å². The molecule has 2 fully saturated rings. The van der Waals surface area contributed by atoms with Crippen LogP contribution in [0, 0.1) is 0 Å². The normalized spacial score (nSPS) is 22.1. The Morgan fingerprint density at radius 3 is 2.52 bits per heavy atom. The summed E-state index contributed by atoms with van der Waals surface area (Å²) in [5.74, 6) is -0.213. The number of hydrogen-bond acceptors (Lipinski definition) is 3. The van der Waals surface area contributed by atoms with Crippen LogP contribution in [0.15, 0.2) is 24.3 Å². The second-order valence-electron chi connectivity index (χ2n) is 6.67. The zero-order chi connectivity index (χ0) is 17.9. The van der Waals surface area contributed by atoms with Crippen molar-refractivity contribution in [2.24, 2.45) is 0 Å². The third kappa shape index (κ3) is 4.53. The molecule has 1 aliphatic heterocycles. The van der Waals surface area contributed by atoms with Gasteiger partial charge in [0.1, 0.15) is 0 Å². The molecule has 0 radical (unpaired) electrons. The Hall–Kier alpha value is -1.15. The zero-order valence-corrected chi connectivity index (χ0v) is 15.7. The van der Waals surface area contributed by atoms with Gasteiger partial charge in [0.2, 0.25) is 5.91 Å². The molecule has 1 N–H and O–H groups in total. The number of rotatable bonds is 5. The molecule has 1 saturated carbocycles. The van der Waals surface area contributed by atoms with Gasteiger partial charge in [-0.25, -0.2) is 0 Å². The molecule has 0 unspecified atom stereocenters. The van der Waals surface area contributed by atoms with E-state index in [1.54, 1.807) is 6.07 Å². The lowest BCUT2D eigenvalue weighted by atomic mass is 10.2. The fourth-order valence-electron chi connectivity index (χ4n) is 3.46. The highest BCUT2D eigenvalue weighted by Crippen LogP contribution is 2.23. The van der Waals surface area contributed by atoms with Gasteiger partial charge in [-0.05, 0) is 30.9 Å².